The van der Waals surface area contributed by atoms with Crippen molar-refractivity contribution >= 4 is 33.4 Å². The number of para-hydroxylation sites is 1. The van der Waals surface area contributed by atoms with E-state index < -0.39 is 0 Å². The summed E-state index contributed by atoms with van der Waals surface area (Å²) in [6.07, 6.45) is 3.65. The Balaban J connectivity index is 1.31. The van der Waals surface area contributed by atoms with E-state index in [-0.39, 0.29) is 0 Å². The Morgan fingerprint density at radius 3 is 2.79 bits per heavy atom. The largest absolute Gasteiger partial charge is 0.457 e. The zero-order chi connectivity index (χ0) is 22.9. The van der Waals surface area contributed by atoms with Gasteiger partial charge in [0, 0.05) is 29.9 Å². The number of hydrogen-bond donors (Lipinski definition) is 2. The number of nitrogens with one attached hydrogen (secondary N) is 2. The summed E-state index contributed by atoms with van der Waals surface area (Å²) in [5.41, 5.74) is 3.25. The molecule has 3 aliphatic rings. The van der Waals surface area contributed by atoms with Crippen molar-refractivity contribution in [3.63, 3.8) is 0 Å². The molecule has 2 N–H and O–H groups in total. The number of aromatic amines is 1. The fourth-order valence-electron chi connectivity index (χ4n) is 5.17. The molecule has 178 valence electrons. The first-order valence-electron chi connectivity index (χ1n) is 12.4. The molecule has 0 saturated carbocycles. The summed E-state index contributed by atoms with van der Waals surface area (Å²) in [6, 6.07) is 17.5. The van der Waals surface area contributed by atoms with Crippen LogP contribution in [0.15, 0.2) is 53.5 Å². The molecule has 1 aromatic heterocycles. The maximum atomic E-state index is 6.21. The van der Waals surface area contributed by atoms with Crippen LogP contribution in [0.1, 0.15) is 31.9 Å². The third-order valence-electron chi connectivity index (χ3n) is 7.15. The maximum absolute atomic E-state index is 6.21. The van der Waals surface area contributed by atoms with Gasteiger partial charge in [0.1, 0.15) is 16.5 Å². The van der Waals surface area contributed by atoms with Crippen LogP contribution < -0.4 is 10.1 Å². The lowest BCUT2D eigenvalue weighted by atomic mass is 10.1. The van der Waals surface area contributed by atoms with Gasteiger partial charge in [-0.15, -0.1) is 11.8 Å². The molecule has 0 bridgehead atoms. The van der Waals surface area contributed by atoms with Gasteiger partial charge in [-0.05, 0) is 63.5 Å². The molecule has 3 aromatic rings. The van der Waals surface area contributed by atoms with E-state index in [9.17, 15) is 0 Å². The van der Waals surface area contributed by atoms with Crippen LogP contribution in [0.4, 0.5) is 5.69 Å². The van der Waals surface area contributed by atoms with Crippen molar-refractivity contribution < 1.29 is 9.47 Å². The van der Waals surface area contributed by atoms with E-state index in [1.165, 1.54) is 25.9 Å². The van der Waals surface area contributed by atoms with Gasteiger partial charge in [0.15, 0.2) is 0 Å². The van der Waals surface area contributed by atoms with E-state index in [1.807, 2.05) is 42.1 Å². The Hall–Kier alpha value is -2.48. The first-order valence-corrected chi connectivity index (χ1v) is 13.4. The van der Waals surface area contributed by atoms with Crippen molar-refractivity contribution in [1.82, 2.24) is 9.88 Å². The van der Waals surface area contributed by atoms with E-state index in [0.717, 1.165) is 64.2 Å². The Kier molecular flexibility index (Phi) is 6.24. The second kappa shape index (κ2) is 9.64. The van der Waals surface area contributed by atoms with Gasteiger partial charge in [0.2, 0.25) is 0 Å². The number of hydrogen-bond acceptors (Lipinski definition) is 6. The van der Waals surface area contributed by atoms with E-state index in [4.69, 9.17) is 14.5 Å². The predicted octanol–water partition coefficient (Wildman–Crippen LogP) is 5.51. The van der Waals surface area contributed by atoms with E-state index in [1.54, 1.807) is 0 Å². The number of aromatic nitrogens is 1. The van der Waals surface area contributed by atoms with Gasteiger partial charge >= 0.3 is 0 Å². The summed E-state index contributed by atoms with van der Waals surface area (Å²) in [5, 5.41) is 5.94. The number of benzene rings is 2. The second-order valence-electron chi connectivity index (χ2n) is 9.53. The minimum Gasteiger partial charge on any atom is -0.457 e. The summed E-state index contributed by atoms with van der Waals surface area (Å²) >= 11 is 1.87. The minimum absolute atomic E-state index is 0.311. The monoisotopic (exact) mass is 476 g/mol. The van der Waals surface area contributed by atoms with Gasteiger partial charge < -0.3 is 19.8 Å². The molecular weight excluding hydrogens is 444 g/mol. The number of aliphatic imine (C=N–C) groups is 1. The third-order valence-corrected chi connectivity index (χ3v) is 8.25. The normalized spacial score (nSPS) is 24.0. The molecule has 0 spiro atoms. The lowest BCUT2D eigenvalue weighted by Crippen LogP contribution is -2.39. The second-order valence-corrected chi connectivity index (χ2v) is 10.5. The molecule has 6 rings (SSSR count). The van der Waals surface area contributed by atoms with E-state index >= 15 is 0 Å². The Morgan fingerprint density at radius 2 is 2.00 bits per heavy atom. The Labute approximate surface area is 205 Å². The smallest absolute Gasteiger partial charge is 0.130 e. The molecule has 3 aliphatic heterocycles. The first-order chi connectivity index (χ1) is 16.7. The molecule has 7 heteroatoms. The van der Waals surface area contributed by atoms with Crippen molar-refractivity contribution in [2.45, 2.75) is 44.3 Å². The number of fused-ring (bicyclic) bond motifs is 1. The molecule has 3 atom stereocenters. The van der Waals surface area contributed by atoms with Crippen molar-refractivity contribution in [3.8, 4) is 11.5 Å². The summed E-state index contributed by atoms with van der Waals surface area (Å²) < 4.78 is 11.8. The summed E-state index contributed by atoms with van der Waals surface area (Å²) in [7, 11) is 0. The molecule has 4 heterocycles. The Morgan fingerprint density at radius 1 is 1.15 bits per heavy atom. The van der Waals surface area contributed by atoms with Crippen LogP contribution in [0.5, 0.6) is 11.5 Å². The molecule has 6 nitrogen and oxygen atoms in total. The lowest BCUT2D eigenvalue weighted by Gasteiger charge is -2.26. The van der Waals surface area contributed by atoms with Gasteiger partial charge in [0.25, 0.3) is 0 Å². The average molecular weight is 477 g/mol. The van der Waals surface area contributed by atoms with Crippen LogP contribution in [0.3, 0.4) is 0 Å². The number of thioether (sulfide) groups is 1. The van der Waals surface area contributed by atoms with Gasteiger partial charge in [-0.2, -0.15) is 0 Å². The fraction of sp³-hybridized carbons (Fsp3) is 0.444. The zero-order valence-corrected chi connectivity index (χ0v) is 20.4. The summed E-state index contributed by atoms with van der Waals surface area (Å²) in [6.45, 7) is 6.30. The van der Waals surface area contributed by atoms with Crippen molar-refractivity contribution in [2.24, 2.45) is 4.99 Å². The van der Waals surface area contributed by atoms with Crippen LogP contribution in [0.2, 0.25) is 0 Å². The highest BCUT2D eigenvalue weighted by Gasteiger charge is 2.30. The zero-order valence-electron chi connectivity index (χ0n) is 19.6. The predicted molar refractivity (Wildman–Crippen MR) is 141 cm³/mol. The molecular formula is C27H32N4O2S. The molecule has 2 aromatic carbocycles. The van der Waals surface area contributed by atoms with Crippen molar-refractivity contribution in [1.29, 1.82) is 0 Å². The SMILES string of the molecule is CC([C@H]1CSC(c2cc3cc(Oc4ccccc4)cc(NC4CCOC4)c3[nH]2)=N1)N1CCCC1. The van der Waals surface area contributed by atoms with E-state index in [2.05, 4.69) is 40.3 Å². The standard InChI is InChI=1S/C27H32N4O2S/c1-18(31-10-5-6-11-31)25-17-34-27(30-25)24-14-19-13-22(33-21-7-3-2-4-8-21)15-23(26(19)29-24)28-20-9-12-32-16-20/h2-4,7-8,13-15,18,20,25,28-29H,5-6,9-12,16-17H2,1H3/t18?,20?,25-/m1/s1. The van der Waals surface area contributed by atoms with Gasteiger partial charge in [-0.3, -0.25) is 9.89 Å². The van der Waals surface area contributed by atoms with Crippen LogP contribution in [-0.2, 0) is 4.74 Å². The van der Waals surface area contributed by atoms with Gasteiger partial charge in [-0.1, -0.05) is 18.2 Å². The highest BCUT2D eigenvalue weighted by Crippen LogP contribution is 2.35. The van der Waals surface area contributed by atoms with Crippen LogP contribution in [0, 0.1) is 0 Å². The average Bonchev–Trinajstić information content (AvgIpc) is 3.66. The quantitative estimate of drug-likeness (QED) is 0.471. The summed E-state index contributed by atoms with van der Waals surface area (Å²) in [5.74, 6) is 2.71. The minimum atomic E-state index is 0.311. The van der Waals surface area contributed by atoms with Gasteiger partial charge in [-0.25, -0.2) is 0 Å². The number of nitrogens with zero attached hydrogens (tertiary/aromatic N) is 2. The molecule has 0 aliphatic carbocycles. The van der Waals surface area contributed by atoms with Crippen molar-refractivity contribution in [3.05, 3.63) is 54.2 Å². The molecule has 0 radical (unpaired) electrons. The van der Waals surface area contributed by atoms with Gasteiger partial charge in [0.05, 0.1) is 35.6 Å². The topological polar surface area (TPSA) is 61.9 Å². The summed E-state index contributed by atoms with van der Waals surface area (Å²) in [4.78, 5) is 11.4. The van der Waals surface area contributed by atoms with Crippen LogP contribution in [0.25, 0.3) is 10.9 Å². The van der Waals surface area contributed by atoms with Crippen LogP contribution in [-0.4, -0.2) is 65.1 Å². The highest BCUT2D eigenvalue weighted by molar-refractivity contribution is 8.14. The number of anilines is 1. The molecule has 2 fully saturated rings. The molecule has 0 amide bonds. The van der Waals surface area contributed by atoms with Crippen LogP contribution >= 0.6 is 11.8 Å². The molecule has 2 saturated heterocycles. The number of H-pyrrole nitrogens is 1. The molecule has 2 unspecified atom stereocenters. The number of rotatable bonds is 7. The first kappa shape index (κ1) is 22.0. The van der Waals surface area contributed by atoms with E-state index in [0.29, 0.717) is 18.1 Å². The van der Waals surface area contributed by atoms with Crippen molar-refractivity contribution in [2.75, 3.05) is 37.4 Å². The molecule has 34 heavy (non-hydrogen) atoms. The lowest BCUT2D eigenvalue weighted by molar-refractivity contribution is 0.195. The third kappa shape index (κ3) is 4.57. The maximum Gasteiger partial charge on any atom is 0.130 e. The highest BCUT2D eigenvalue weighted by atomic mass is 32.2. The number of ether oxygens (including phenoxy) is 2. The number of likely N-dealkylation sites (tertiary alicyclic amines) is 1. The fourth-order valence-corrected chi connectivity index (χ4v) is 6.33. The Bertz CT molecular complexity index is 1170.